The third kappa shape index (κ3) is 5.57. The molecule has 1 rings (SSSR count). The zero-order chi connectivity index (χ0) is 17.5. The highest BCUT2D eigenvalue weighted by atomic mass is 16.5. The van der Waals surface area contributed by atoms with Gasteiger partial charge in [0.1, 0.15) is 11.6 Å². The second-order valence-electron chi connectivity index (χ2n) is 6.17. The van der Waals surface area contributed by atoms with Crippen molar-refractivity contribution < 1.29 is 19.4 Å². The number of aliphatic hydroxyl groups excluding tert-OH is 1. The molecule has 0 spiro atoms. The first kappa shape index (κ1) is 19.0. The fraction of sp³-hybridized carbons (Fsp3) is 0.688. The van der Waals surface area contributed by atoms with Crippen LogP contribution in [0.1, 0.15) is 33.6 Å². The van der Waals surface area contributed by atoms with Crippen molar-refractivity contribution in [2.45, 2.75) is 39.2 Å². The molecule has 0 radical (unpaired) electrons. The first-order valence-electron chi connectivity index (χ1n) is 7.79. The molecule has 7 heteroatoms. The molecule has 1 amide bonds. The van der Waals surface area contributed by atoms with Gasteiger partial charge in [0.2, 0.25) is 0 Å². The molecule has 1 fully saturated rings. The van der Waals surface area contributed by atoms with Crippen LogP contribution in [0.2, 0.25) is 0 Å². The van der Waals surface area contributed by atoms with Gasteiger partial charge in [0.15, 0.2) is 0 Å². The Morgan fingerprint density at radius 2 is 2.04 bits per heavy atom. The summed E-state index contributed by atoms with van der Waals surface area (Å²) >= 11 is 0. The van der Waals surface area contributed by atoms with Gasteiger partial charge < -0.3 is 20.1 Å². The Labute approximate surface area is 136 Å². The molecule has 1 heterocycles. The second-order valence-corrected chi connectivity index (χ2v) is 6.17. The molecule has 0 saturated carbocycles. The van der Waals surface area contributed by atoms with Crippen molar-refractivity contribution in [3.8, 4) is 6.07 Å². The Balaban J connectivity index is 2.62. The Morgan fingerprint density at radius 1 is 1.43 bits per heavy atom. The van der Waals surface area contributed by atoms with E-state index in [1.165, 1.54) is 6.20 Å². The minimum absolute atomic E-state index is 0.0129. The highest BCUT2D eigenvalue weighted by Gasteiger charge is 2.29. The molecule has 1 aliphatic rings. The molecule has 0 unspecified atom stereocenters. The topological polar surface area (TPSA) is 103 Å². The fourth-order valence-electron chi connectivity index (χ4n) is 2.20. The number of piperidine rings is 1. The zero-order valence-corrected chi connectivity index (χ0v) is 14.0. The van der Waals surface area contributed by atoms with Gasteiger partial charge in [-0.15, -0.1) is 0 Å². The maximum absolute atomic E-state index is 12.4. The number of esters is 1. The number of amides is 1. The number of nitrogens with zero attached hydrogens (tertiary/aromatic N) is 2. The third-order valence-electron chi connectivity index (χ3n) is 3.76. The van der Waals surface area contributed by atoms with Crippen molar-refractivity contribution in [3.63, 3.8) is 0 Å². The lowest BCUT2D eigenvalue weighted by molar-refractivity contribution is -0.150. The van der Waals surface area contributed by atoms with Crippen molar-refractivity contribution in [3.05, 3.63) is 11.8 Å². The van der Waals surface area contributed by atoms with Gasteiger partial charge >= 0.3 is 5.97 Å². The van der Waals surface area contributed by atoms with E-state index in [9.17, 15) is 14.7 Å². The van der Waals surface area contributed by atoms with Gasteiger partial charge in [-0.3, -0.25) is 9.59 Å². The molecule has 1 aliphatic heterocycles. The molecular weight excluding hydrogens is 298 g/mol. The highest BCUT2D eigenvalue weighted by Crippen LogP contribution is 2.20. The monoisotopic (exact) mass is 323 g/mol. The molecule has 0 aromatic carbocycles. The van der Waals surface area contributed by atoms with Gasteiger partial charge in [0.05, 0.1) is 24.7 Å². The number of aliphatic hydroxyl groups is 1. The van der Waals surface area contributed by atoms with Gasteiger partial charge in [-0.1, -0.05) is 0 Å². The normalized spacial score (nSPS) is 16.7. The predicted molar refractivity (Wildman–Crippen MR) is 83.9 cm³/mol. The van der Waals surface area contributed by atoms with Crippen molar-refractivity contribution >= 4 is 11.9 Å². The average molecular weight is 323 g/mol. The lowest BCUT2D eigenvalue weighted by atomic mass is 9.96. The van der Waals surface area contributed by atoms with Gasteiger partial charge in [-0.05, 0) is 33.6 Å². The van der Waals surface area contributed by atoms with E-state index < -0.39 is 5.54 Å². The third-order valence-corrected chi connectivity index (χ3v) is 3.76. The largest absolute Gasteiger partial charge is 0.466 e. The Morgan fingerprint density at radius 3 is 2.52 bits per heavy atom. The fourth-order valence-corrected chi connectivity index (χ4v) is 2.20. The summed E-state index contributed by atoms with van der Waals surface area (Å²) in [5, 5.41) is 21.2. The summed E-state index contributed by atoms with van der Waals surface area (Å²) in [6.45, 7) is 6.35. The van der Waals surface area contributed by atoms with E-state index in [0.717, 1.165) is 0 Å². The minimum Gasteiger partial charge on any atom is -0.466 e. The van der Waals surface area contributed by atoms with Crippen LogP contribution in [0.5, 0.6) is 0 Å². The smallest absolute Gasteiger partial charge is 0.309 e. The number of hydrogen-bond donors (Lipinski definition) is 2. The first-order chi connectivity index (χ1) is 10.8. The summed E-state index contributed by atoms with van der Waals surface area (Å²) < 4.78 is 4.99. The standard InChI is InChI=1S/C16H25N3O4/c1-4-23-15(22)12-5-7-19(8-6-12)14(21)13(9-17)10-18-16(2,3)11-20/h10,12,18,20H,4-8,11H2,1-3H3/b13-10-. The molecule has 2 N–H and O–H groups in total. The Hall–Kier alpha value is -2.07. The Kier molecular flexibility index (Phi) is 7.04. The SMILES string of the molecule is CCOC(=O)C1CCN(C(=O)/C(C#N)=C\NC(C)(C)CO)CC1. The van der Waals surface area contributed by atoms with Gasteiger partial charge in [-0.25, -0.2) is 0 Å². The summed E-state index contributed by atoms with van der Waals surface area (Å²) in [5.74, 6) is -0.766. The molecule has 0 aliphatic carbocycles. The van der Waals surface area contributed by atoms with E-state index in [4.69, 9.17) is 10.00 Å². The summed E-state index contributed by atoms with van der Waals surface area (Å²) in [5.41, 5.74) is -0.625. The predicted octanol–water partition coefficient (Wildman–Crippen LogP) is 0.556. The maximum Gasteiger partial charge on any atom is 0.309 e. The number of hydrogen-bond acceptors (Lipinski definition) is 6. The molecule has 0 aromatic rings. The van der Waals surface area contributed by atoms with Gasteiger partial charge in [0, 0.05) is 19.3 Å². The highest BCUT2D eigenvalue weighted by molar-refractivity contribution is 5.97. The number of nitriles is 1. The van der Waals surface area contributed by atoms with Crippen LogP contribution in [0.15, 0.2) is 11.8 Å². The molecule has 0 aromatic heterocycles. The second kappa shape index (κ2) is 8.53. The first-order valence-corrected chi connectivity index (χ1v) is 7.79. The van der Waals surface area contributed by atoms with Crippen molar-refractivity contribution in [1.82, 2.24) is 10.2 Å². The van der Waals surface area contributed by atoms with Crippen molar-refractivity contribution in [1.29, 1.82) is 5.26 Å². The van der Waals surface area contributed by atoms with Crippen LogP contribution < -0.4 is 5.32 Å². The molecule has 128 valence electrons. The summed E-state index contributed by atoms with van der Waals surface area (Å²) in [6, 6.07) is 1.88. The van der Waals surface area contributed by atoms with Gasteiger partial charge in [0.25, 0.3) is 5.91 Å². The number of carbonyl (C=O) groups excluding carboxylic acids is 2. The number of carbonyl (C=O) groups is 2. The number of rotatable bonds is 6. The summed E-state index contributed by atoms with van der Waals surface area (Å²) in [4.78, 5) is 25.6. The minimum atomic E-state index is -0.612. The number of likely N-dealkylation sites (tertiary alicyclic amines) is 1. The van der Waals surface area contributed by atoms with Crippen LogP contribution in [0.4, 0.5) is 0 Å². The van der Waals surface area contributed by atoms with E-state index in [1.54, 1.807) is 25.7 Å². The summed E-state index contributed by atoms with van der Waals surface area (Å²) in [6.07, 6.45) is 2.42. The molecule has 23 heavy (non-hydrogen) atoms. The molecular formula is C16H25N3O4. The van der Waals surface area contributed by atoms with Crippen molar-refractivity contribution in [2.24, 2.45) is 5.92 Å². The maximum atomic E-state index is 12.4. The molecule has 1 saturated heterocycles. The zero-order valence-electron chi connectivity index (χ0n) is 14.0. The number of nitrogens with one attached hydrogen (secondary N) is 1. The summed E-state index contributed by atoms with van der Waals surface area (Å²) in [7, 11) is 0. The Bertz CT molecular complexity index is 500. The van der Waals surface area contributed by atoms with Crippen LogP contribution in [0.3, 0.4) is 0 Å². The van der Waals surface area contributed by atoms with E-state index in [1.807, 2.05) is 6.07 Å². The van der Waals surface area contributed by atoms with Crippen LogP contribution in [0, 0.1) is 17.2 Å². The lowest BCUT2D eigenvalue weighted by Crippen LogP contribution is -2.43. The van der Waals surface area contributed by atoms with E-state index in [-0.39, 0.29) is 30.0 Å². The van der Waals surface area contributed by atoms with Crippen LogP contribution >= 0.6 is 0 Å². The van der Waals surface area contributed by atoms with Crippen LogP contribution in [-0.4, -0.2) is 53.7 Å². The molecule has 0 atom stereocenters. The van der Waals surface area contributed by atoms with Crippen LogP contribution in [0.25, 0.3) is 0 Å². The van der Waals surface area contributed by atoms with Crippen LogP contribution in [-0.2, 0) is 14.3 Å². The van der Waals surface area contributed by atoms with E-state index >= 15 is 0 Å². The quantitative estimate of drug-likeness (QED) is 0.420. The lowest BCUT2D eigenvalue weighted by Gasteiger charge is -2.31. The average Bonchev–Trinajstić information content (AvgIpc) is 2.55. The van der Waals surface area contributed by atoms with E-state index in [2.05, 4.69) is 5.32 Å². The van der Waals surface area contributed by atoms with Gasteiger partial charge in [-0.2, -0.15) is 5.26 Å². The number of ether oxygens (including phenoxy) is 1. The molecule has 0 bridgehead atoms. The molecule has 7 nitrogen and oxygen atoms in total. The van der Waals surface area contributed by atoms with Crippen molar-refractivity contribution in [2.75, 3.05) is 26.3 Å². The van der Waals surface area contributed by atoms with E-state index in [0.29, 0.717) is 32.5 Å².